The highest BCUT2D eigenvalue weighted by Crippen LogP contribution is 2.17. The molecule has 2 amide bonds. The van der Waals surface area contributed by atoms with Gasteiger partial charge in [-0.25, -0.2) is 0 Å². The molecule has 0 unspecified atom stereocenters. The van der Waals surface area contributed by atoms with Crippen molar-refractivity contribution in [1.29, 1.82) is 0 Å². The molecule has 0 saturated heterocycles. The molecule has 0 aliphatic rings. The number of nitrogens with one attached hydrogen (secondary N) is 2. The second-order valence-corrected chi connectivity index (χ2v) is 4.87. The van der Waals surface area contributed by atoms with Gasteiger partial charge in [0, 0.05) is 5.56 Å². The van der Waals surface area contributed by atoms with Crippen molar-refractivity contribution in [2.45, 2.75) is 6.92 Å². The molecular formula is C18H18N2O3. The van der Waals surface area contributed by atoms with Crippen LogP contribution in [-0.4, -0.2) is 18.4 Å². The minimum Gasteiger partial charge on any atom is -0.489 e. The maximum atomic E-state index is 12.2. The zero-order valence-electron chi connectivity index (χ0n) is 12.8. The molecule has 0 aliphatic carbocycles. The van der Waals surface area contributed by atoms with Crippen LogP contribution in [0, 0.1) is 6.92 Å². The Bertz CT molecular complexity index is 726. The van der Waals surface area contributed by atoms with Crippen LogP contribution in [0.15, 0.2) is 61.2 Å². The molecule has 0 aromatic heterocycles. The zero-order valence-corrected chi connectivity index (χ0v) is 12.8. The van der Waals surface area contributed by atoms with Crippen LogP contribution in [-0.2, 0) is 0 Å². The van der Waals surface area contributed by atoms with Crippen LogP contribution in [0.4, 0.5) is 0 Å². The fraction of sp³-hybridized carbons (Fsp3) is 0.111. The molecular weight excluding hydrogens is 292 g/mol. The van der Waals surface area contributed by atoms with E-state index in [-0.39, 0.29) is 5.91 Å². The van der Waals surface area contributed by atoms with Crippen molar-refractivity contribution in [2.24, 2.45) is 0 Å². The van der Waals surface area contributed by atoms with Crippen molar-refractivity contribution in [3.05, 3.63) is 77.9 Å². The van der Waals surface area contributed by atoms with E-state index in [1.165, 1.54) is 0 Å². The number of amides is 2. The topological polar surface area (TPSA) is 67.4 Å². The predicted molar refractivity (Wildman–Crippen MR) is 88.2 cm³/mol. The van der Waals surface area contributed by atoms with Crippen LogP contribution in [0.1, 0.15) is 26.3 Å². The molecule has 5 heteroatoms. The molecule has 5 nitrogen and oxygen atoms in total. The van der Waals surface area contributed by atoms with Gasteiger partial charge in [0.15, 0.2) is 0 Å². The number of hydrazine groups is 1. The van der Waals surface area contributed by atoms with Crippen LogP contribution in [0.5, 0.6) is 5.75 Å². The molecule has 2 aromatic carbocycles. The molecule has 0 aliphatic heterocycles. The third-order valence-electron chi connectivity index (χ3n) is 3.06. The first kappa shape index (κ1) is 16.3. The first-order chi connectivity index (χ1) is 11.1. The van der Waals surface area contributed by atoms with Gasteiger partial charge in [0.25, 0.3) is 11.8 Å². The Labute approximate surface area is 134 Å². The summed E-state index contributed by atoms with van der Waals surface area (Å²) < 4.78 is 5.42. The largest absolute Gasteiger partial charge is 0.489 e. The third-order valence-corrected chi connectivity index (χ3v) is 3.06. The van der Waals surface area contributed by atoms with E-state index in [1.807, 2.05) is 13.0 Å². The highest BCUT2D eigenvalue weighted by Gasteiger charge is 2.13. The highest BCUT2D eigenvalue weighted by molar-refractivity contribution is 6.00. The highest BCUT2D eigenvalue weighted by atomic mass is 16.5. The lowest BCUT2D eigenvalue weighted by Gasteiger charge is -2.11. The van der Waals surface area contributed by atoms with Crippen molar-refractivity contribution in [1.82, 2.24) is 10.9 Å². The number of aryl methyl sites for hydroxylation is 1. The van der Waals surface area contributed by atoms with Gasteiger partial charge in [-0.05, 0) is 31.2 Å². The average molecular weight is 310 g/mol. The number of para-hydroxylation sites is 1. The Morgan fingerprint density at radius 2 is 1.83 bits per heavy atom. The van der Waals surface area contributed by atoms with Crippen LogP contribution in [0.25, 0.3) is 0 Å². The van der Waals surface area contributed by atoms with Gasteiger partial charge >= 0.3 is 0 Å². The summed E-state index contributed by atoms with van der Waals surface area (Å²) in [5.74, 6) is -0.410. The quantitative estimate of drug-likeness (QED) is 0.659. The molecule has 2 aromatic rings. The van der Waals surface area contributed by atoms with Crippen molar-refractivity contribution < 1.29 is 14.3 Å². The molecule has 0 bridgehead atoms. The molecule has 0 spiro atoms. The number of rotatable bonds is 5. The maximum Gasteiger partial charge on any atom is 0.273 e. The van der Waals surface area contributed by atoms with Gasteiger partial charge in [-0.1, -0.05) is 42.5 Å². The van der Waals surface area contributed by atoms with E-state index < -0.39 is 5.91 Å². The lowest BCUT2D eigenvalue weighted by Crippen LogP contribution is -2.41. The molecule has 0 heterocycles. The summed E-state index contributed by atoms with van der Waals surface area (Å²) in [7, 11) is 0. The second kappa shape index (κ2) is 7.79. The van der Waals surface area contributed by atoms with Gasteiger partial charge in [-0.3, -0.25) is 20.4 Å². The van der Waals surface area contributed by atoms with Gasteiger partial charge in [0.2, 0.25) is 0 Å². The van der Waals surface area contributed by atoms with E-state index in [1.54, 1.807) is 48.5 Å². The predicted octanol–water partition coefficient (Wildman–Crippen LogP) is 2.63. The molecule has 0 atom stereocenters. The molecule has 2 rings (SSSR count). The van der Waals surface area contributed by atoms with Crippen molar-refractivity contribution in [3.63, 3.8) is 0 Å². The fourth-order valence-corrected chi connectivity index (χ4v) is 1.97. The monoisotopic (exact) mass is 310 g/mol. The summed E-state index contributed by atoms with van der Waals surface area (Å²) in [5, 5.41) is 0. The summed E-state index contributed by atoms with van der Waals surface area (Å²) in [6.07, 6.45) is 1.59. The van der Waals surface area contributed by atoms with E-state index in [9.17, 15) is 9.59 Å². The van der Waals surface area contributed by atoms with E-state index in [0.29, 0.717) is 23.5 Å². The van der Waals surface area contributed by atoms with Crippen molar-refractivity contribution in [3.8, 4) is 5.75 Å². The number of carbonyl (C=O) groups excluding carboxylic acids is 2. The first-order valence-corrected chi connectivity index (χ1v) is 7.12. The number of benzene rings is 2. The molecule has 0 saturated carbocycles. The lowest BCUT2D eigenvalue weighted by atomic mass is 10.1. The van der Waals surface area contributed by atoms with E-state index in [2.05, 4.69) is 17.4 Å². The Hall–Kier alpha value is -3.08. The van der Waals surface area contributed by atoms with Crippen molar-refractivity contribution >= 4 is 11.8 Å². The zero-order chi connectivity index (χ0) is 16.7. The molecule has 0 radical (unpaired) electrons. The van der Waals surface area contributed by atoms with Crippen molar-refractivity contribution in [2.75, 3.05) is 6.61 Å². The number of carbonyl (C=O) groups is 2. The number of hydrogen-bond acceptors (Lipinski definition) is 3. The summed E-state index contributed by atoms with van der Waals surface area (Å²) in [6.45, 7) is 5.75. The van der Waals surface area contributed by atoms with Gasteiger partial charge in [-0.15, -0.1) is 0 Å². The maximum absolute atomic E-state index is 12.2. The molecule has 118 valence electrons. The first-order valence-electron chi connectivity index (χ1n) is 7.12. The van der Waals surface area contributed by atoms with Gasteiger partial charge in [0.1, 0.15) is 12.4 Å². The summed E-state index contributed by atoms with van der Waals surface area (Å²) in [5.41, 5.74) is 6.55. The van der Waals surface area contributed by atoms with Crippen LogP contribution >= 0.6 is 0 Å². The minimum absolute atomic E-state index is 0.292. The third kappa shape index (κ3) is 4.44. The standard InChI is InChI=1S/C18H18N2O3/c1-3-11-23-16-10-5-4-9-15(16)18(22)20-19-17(21)14-8-6-7-13(2)12-14/h3-10,12H,1,11H2,2H3,(H,19,21)(H,20,22). The van der Waals surface area contributed by atoms with Crippen LogP contribution in [0.3, 0.4) is 0 Å². The SMILES string of the molecule is C=CCOc1ccccc1C(=O)NNC(=O)c1cccc(C)c1. The van der Waals surface area contributed by atoms with Crippen LogP contribution in [0.2, 0.25) is 0 Å². The second-order valence-electron chi connectivity index (χ2n) is 4.87. The smallest absolute Gasteiger partial charge is 0.273 e. The Morgan fingerprint density at radius 1 is 1.09 bits per heavy atom. The fourth-order valence-electron chi connectivity index (χ4n) is 1.97. The molecule has 0 fully saturated rings. The number of ether oxygens (including phenoxy) is 1. The molecule has 23 heavy (non-hydrogen) atoms. The summed E-state index contributed by atoms with van der Waals surface area (Å²) in [6, 6.07) is 13.9. The Balaban J connectivity index is 2.02. The minimum atomic E-state index is -0.453. The van der Waals surface area contributed by atoms with Gasteiger partial charge < -0.3 is 4.74 Å². The Morgan fingerprint density at radius 3 is 2.57 bits per heavy atom. The van der Waals surface area contributed by atoms with E-state index in [4.69, 9.17) is 4.74 Å². The van der Waals surface area contributed by atoms with E-state index in [0.717, 1.165) is 5.56 Å². The van der Waals surface area contributed by atoms with Crippen LogP contribution < -0.4 is 15.6 Å². The number of hydrogen-bond donors (Lipinski definition) is 2. The average Bonchev–Trinajstić information content (AvgIpc) is 2.57. The summed E-state index contributed by atoms with van der Waals surface area (Å²) in [4.78, 5) is 24.2. The normalized spacial score (nSPS) is 9.78. The lowest BCUT2D eigenvalue weighted by molar-refractivity contribution is 0.0844. The van der Waals surface area contributed by atoms with Gasteiger partial charge in [0.05, 0.1) is 5.56 Å². The van der Waals surface area contributed by atoms with E-state index >= 15 is 0 Å². The van der Waals surface area contributed by atoms with Gasteiger partial charge in [-0.2, -0.15) is 0 Å². The Kier molecular flexibility index (Phi) is 5.52. The molecule has 2 N–H and O–H groups in total. The summed E-state index contributed by atoms with van der Waals surface area (Å²) >= 11 is 0.